The van der Waals surface area contributed by atoms with Crippen molar-refractivity contribution in [3.8, 4) is 78.7 Å². The van der Waals surface area contributed by atoms with Gasteiger partial charge in [-0.3, -0.25) is 0 Å². The normalized spacial score (nSPS) is 10.9. The molecule has 0 aliphatic rings. The van der Waals surface area contributed by atoms with Crippen molar-refractivity contribution in [3.05, 3.63) is 188 Å². The Balaban J connectivity index is 1.31. The monoisotopic (exact) mass is 613 g/mol. The SMILES string of the molecule is c1ccc(-c2ccc(-c3nc(-c4ccccc4)nc(-c4cccc(-c5ccccc5)c4-c4ccc(-c5ccccc5)cc4)n3)cc2)cc1. The van der Waals surface area contributed by atoms with Gasteiger partial charge in [0.05, 0.1) is 0 Å². The summed E-state index contributed by atoms with van der Waals surface area (Å²) in [5.74, 6) is 1.90. The summed E-state index contributed by atoms with van der Waals surface area (Å²) in [5, 5.41) is 0. The van der Waals surface area contributed by atoms with Gasteiger partial charge >= 0.3 is 0 Å². The van der Waals surface area contributed by atoms with Gasteiger partial charge in [0.2, 0.25) is 0 Å². The zero-order chi connectivity index (χ0) is 32.1. The summed E-state index contributed by atoms with van der Waals surface area (Å²) in [4.78, 5) is 15.3. The van der Waals surface area contributed by atoms with Crippen molar-refractivity contribution in [2.24, 2.45) is 0 Å². The summed E-state index contributed by atoms with van der Waals surface area (Å²) < 4.78 is 0. The van der Waals surface area contributed by atoms with Gasteiger partial charge in [0.1, 0.15) is 0 Å². The predicted octanol–water partition coefficient (Wildman–Crippen LogP) is 11.5. The maximum Gasteiger partial charge on any atom is 0.164 e. The van der Waals surface area contributed by atoms with Crippen LogP contribution in [0.25, 0.3) is 78.7 Å². The molecular weight excluding hydrogens is 583 g/mol. The molecule has 0 radical (unpaired) electrons. The van der Waals surface area contributed by atoms with Crippen molar-refractivity contribution in [3.63, 3.8) is 0 Å². The lowest BCUT2D eigenvalue weighted by Gasteiger charge is -2.17. The molecule has 1 heterocycles. The summed E-state index contributed by atoms with van der Waals surface area (Å²) in [6.07, 6.45) is 0. The van der Waals surface area contributed by atoms with E-state index in [4.69, 9.17) is 15.0 Å². The van der Waals surface area contributed by atoms with E-state index in [9.17, 15) is 0 Å². The van der Waals surface area contributed by atoms with E-state index in [-0.39, 0.29) is 0 Å². The molecule has 0 saturated heterocycles. The maximum atomic E-state index is 5.17. The number of hydrogen-bond acceptors (Lipinski definition) is 3. The van der Waals surface area contributed by atoms with Crippen molar-refractivity contribution in [2.45, 2.75) is 0 Å². The predicted molar refractivity (Wildman–Crippen MR) is 198 cm³/mol. The number of aromatic nitrogens is 3. The Bertz CT molecular complexity index is 2280. The molecule has 0 spiro atoms. The molecule has 0 amide bonds. The number of rotatable bonds is 7. The Labute approximate surface area is 280 Å². The van der Waals surface area contributed by atoms with Crippen molar-refractivity contribution < 1.29 is 0 Å². The van der Waals surface area contributed by atoms with Crippen molar-refractivity contribution in [2.75, 3.05) is 0 Å². The fraction of sp³-hybridized carbons (Fsp3) is 0. The molecule has 48 heavy (non-hydrogen) atoms. The molecule has 8 aromatic rings. The highest BCUT2D eigenvalue weighted by atomic mass is 15.0. The van der Waals surface area contributed by atoms with E-state index in [2.05, 4.69) is 146 Å². The van der Waals surface area contributed by atoms with Gasteiger partial charge < -0.3 is 0 Å². The highest BCUT2D eigenvalue weighted by Gasteiger charge is 2.19. The summed E-state index contributed by atoms with van der Waals surface area (Å²) in [6.45, 7) is 0. The second-order valence-corrected chi connectivity index (χ2v) is 11.7. The standard InChI is InChI=1S/C45H31N3/c1-5-14-32(15-6-1)34-24-28-37(29-25-34)42-40(36-18-9-3-10-19-36)22-13-23-41(42)45-47-43(38-20-11-4-12-21-38)46-44(48-45)39-30-26-35(27-31-39)33-16-7-2-8-17-33/h1-31H. The van der Waals surface area contributed by atoms with Crippen LogP contribution in [-0.2, 0) is 0 Å². The zero-order valence-corrected chi connectivity index (χ0v) is 26.2. The molecule has 7 aromatic carbocycles. The second kappa shape index (κ2) is 13.1. The summed E-state index contributed by atoms with van der Waals surface area (Å²) in [6, 6.07) is 65.2. The number of benzene rings is 7. The lowest BCUT2D eigenvalue weighted by Crippen LogP contribution is -2.01. The van der Waals surface area contributed by atoms with Crippen LogP contribution in [0.3, 0.4) is 0 Å². The second-order valence-electron chi connectivity index (χ2n) is 11.7. The average Bonchev–Trinajstić information content (AvgIpc) is 3.19. The third kappa shape index (κ3) is 5.93. The van der Waals surface area contributed by atoms with Crippen LogP contribution in [0.2, 0.25) is 0 Å². The zero-order valence-electron chi connectivity index (χ0n) is 26.2. The first-order chi connectivity index (χ1) is 23.8. The van der Waals surface area contributed by atoms with Crippen LogP contribution in [0.1, 0.15) is 0 Å². The van der Waals surface area contributed by atoms with Gasteiger partial charge in [0.25, 0.3) is 0 Å². The topological polar surface area (TPSA) is 38.7 Å². The highest BCUT2D eigenvalue weighted by Crippen LogP contribution is 2.40. The Hall–Kier alpha value is -6.45. The molecule has 0 unspecified atom stereocenters. The molecule has 0 bridgehead atoms. The molecule has 3 heteroatoms. The van der Waals surface area contributed by atoms with Crippen LogP contribution in [-0.4, -0.2) is 15.0 Å². The van der Waals surface area contributed by atoms with Gasteiger partial charge in [-0.15, -0.1) is 0 Å². The molecular formula is C45H31N3. The van der Waals surface area contributed by atoms with Gasteiger partial charge in [-0.2, -0.15) is 0 Å². The lowest BCUT2D eigenvalue weighted by atomic mass is 9.89. The first-order valence-corrected chi connectivity index (χ1v) is 16.1. The number of nitrogens with zero attached hydrogens (tertiary/aromatic N) is 3. The first kappa shape index (κ1) is 29.0. The van der Waals surface area contributed by atoms with E-state index in [0.29, 0.717) is 17.5 Å². The first-order valence-electron chi connectivity index (χ1n) is 16.1. The molecule has 0 aliphatic heterocycles. The van der Waals surface area contributed by atoms with E-state index < -0.39 is 0 Å². The molecule has 0 saturated carbocycles. The van der Waals surface area contributed by atoms with Crippen LogP contribution >= 0.6 is 0 Å². The average molecular weight is 614 g/mol. The van der Waals surface area contributed by atoms with Gasteiger partial charge in [-0.05, 0) is 38.9 Å². The molecule has 8 rings (SSSR count). The summed E-state index contributed by atoms with van der Waals surface area (Å²) in [5.41, 5.74) is 11.9. The quantitative estimate of drug-likeness (QED) is 0.179. The van der Waals surface area contributed by atoms with Gasteiger partial charge in [-0.25, -0.2) is 15.0 Å². The third-order valence-electron chi connectivity index (χ3n) is 8.59. The fourth-order valence-corrected chi connectivity index (χ4v) is 6.15. The van der Waals surface area contributed by atoms with Gasteiger partial charge in [0.15, 0.2) is 17.5 Å². The number of hydrogen-bond donors (Lipinski definition) is 0. The van der Waals surface area contributed by atoms with Crippen molar-refractivity contribution >= 4 is 0 Å². The van der Waals surface area contributed by atoms with E-state index in [0.717, 1.165) is 44.5 Å². The fourth-order valence-electron chi connectivity index (χ4n) is 6.15. The van der Waals surface area contributed by atoms with Crippen molar-refractivity contribution in [1.29, 1.82) is 0 Å². The molecule has 1 aromatic heterocycles. The van der Waals surface area contributed by atoms with Crippen LogP contribution in [0.15, 0.2) is 188 Å². The van der Waals surface area contributed by atoms with Crippen LogP contribution in [0.4, 0.5) is 0 Å². The summed E-state index contributed by atoms with van der Waals surface area (Å²) >= 11 is 0. The third-order valence-corrected chi connectivity index (χ3v) is 8.59. The van der Waals surface area contributed by atoms with Crippen LogP contribution < -0.4 is 0 Å². The minimum absolute atomic E-state index is 0.630. The Morgan fingerprint density at radius 3 is 1.04 bits per heavy atom. The Morgan fingerprint density at radius 1 is 0.208 bits per heavy atom. The largest absolute Gasteiger partial charge is 0.208 e. The molecule has 0 N–H and O–H groups in total. The Morgan fingerprint density at radius 2 is 0.542 bits per heavy atom. The van der Waals surface area contributed by atoms with Crippen LogP contribution in [0.5, 0.6) is 0 Å². The maximum absolute atomic E-state index is 5.17. The Kier molecular flexibility index (Phi) is 7.92. The summed E-state index contributed by atoms with van der Waals surface area (Å²) in [7, 11) is 0. The molecule has 226 valence electrons. The highest BCUT2D eigenvalue weighted by molar-refractivity contribution is 5.94. The molecule has 0 fully saturated rings. The molecule has 3 nitrogen and oxygen atoms in total. The van der Waals surface area contributed by atoms with E-state index in [1.165, 1.54) is 16.7 Å². The van der Waals surface area contributed by atoms with Crippen LogP contribution in [0, 0.1) is 0 Å². The van der Waals surface area contributed by atoms with E-state index in [1.807, 2.05) is 42.5 Å². The molecule has 0 atom stereocenters. The lowest BCUT2D eigenvalue weighted by molar-refractivity contribution is 1.07. The van der Waals surface area contributed by atoms with E-state index in [1.54, 1.807) is 0 Å². The van der Waals surface area contributed by atoms with Gasteiger partial charge in [-0.1, -0.05) is 188 Å². The molecule has 0 aliphatic carbocycles. The smallest absolute Gasteiger partial charge is 0.164 e. The minimum Gasteiger partial charge on any atom is -0.208 e. The van der Waals surface area contributed by atoms with Gasteiger partial charge in [0, 0.05) is 22.3 Å². The van der Waals surface area contributed by atoms with Crippen molar-refractivity contribution in [1.82, 2.24) is 15.0 Å². The van der Waals surface area contributed by atoms with E-state index >= 15 is 0 Å². The minimum atomic E-state index is 0.630.